The first-order valence-corrected chi connectivity index (χ1v) is 9.29. The Morgan fingerprint density at radius 1 is 1.16 bits per heavy atom. The van der Waals surface area contributed by atoms with Crippen LogP contribution in [0.2, 0.25) is 0 Å². The van der Waals surface area contributed by atoms with Gasteiger partial charge in [-0.2, -0.15) is 0 Å². The van der Waals surface area contributed by atoms with Crippen LogP contribution >= 0.6 is 0 Å². The number of aromatic nitrogens is 2. The predicted octanol–water partition coefficient (Wildman–Crippen LogP) is 2.81. The maximum absolute atomic E-state index is 12.6. The van der Waals surface area contributed by atoms with Crippen molar-refractivity contribution < 1.29 is 4.74 Å². The second-order valence-corrected chi connectivity index (χ2v) is 7.01. The van der Waals surface area contributed by atoms with E-state index in [-0.39, 0.29) is 11.7 Å². The van der Waals surface area contributed by atoms with E-state index < -0.39 is 0 Å². The van der Waals surface area contributed by atoms with Crippen molar-refractivity contribution in [1.29, 1.82) is 0 Å². The molecule has 0 N–H and O–H groups in total. The number of benzene rings is 1. The summed E-state index contributed by atoms with van der Waals surface area (Å²) in [6.45, 7) is 2.38. The van der Waals surface area contributed by atoms with Crippen LogP contribution in [0, 0.1) is 0 Å². The van der Waals surface area contributed by atoms with Gasteiger partial charge in [0.25, 0.3) is 5.56 Å². The molecule has 0 radical (unpaired) electrons. The average Bonchev–Trinajstić information content (AvgIpc) is 3.38. The van der Waals surface area contributed by atoms with Gasteiger partial charge in [-0.3, -0.25) is 4.79 Å². The largest absolute Gasteiger partial charge is 0.376 e. The van der Waals surface area contributed by atoms with Gasteiger partial charge in [-0.25, -0.2) is 4.98 Å². The fraction of sp³-hybridized carbons (Fsp3) is 0.500. The molecule has 0 amide bonds. The molecule has 4 rings (SSSR count). The van der Waals surface area contributed by atoms with Gasteiger partial charge in [0.15, 0.2) is 5.82 Å². The zero-order valence-corrected chi connectivity index (χ0v) is 14.5. The first-order valence-electron chi connectivity index (χ1n) is 9.29. The van der Waals surface area contributed by atoms with Crippen molar-refractivity contribution in [2.24, 2.45) is 0 Å². The number of rotatable bonds is 7. The van der Waals surface area contributed by atoms with Gasteiger partial charge < -0.3 is 14.2 Å². The van der Waals surface area contributed by atoms with E-state index in [1.807, 2.05) is 16.8 Å². The SMILES string of the molecule is O=c1c(N2CC[C@H](OCCCc3ccccc3)C2)nccn1C1CC1. The van der Waals surface area contributed by atoms with Gasteiger partial charge in [0.05, 0.1) is 6.10 Å². The smallest absolute Gasteiger partial charge is 0.293 e. The highest BCUT2D eigenvalue weighted by Crippen LogP contribution is 2.33. The van der Waals surface area contributed by atoms with Crippen LogP contribution in [0.4, 0.5) is 5.82 Å². The molecule has 2 heterocycles. The number of aryl methyl sites for hydroxylation is 1. The van der Waals surface area contributed by atoms with Crippen molar-refractivity contribution in [3.05, 3.63) is 58.6 Å². The van der Waals surface area contributed by atoms with Crippen LogP contribution in [0.25, 0.3) is 0 Å². The minimum absolute atomic E-state index is 0.0507. The first-order chi connectivity index (χ1) is 12.3. The maximum atomic E-state index is 12.6. The lowest BCUT2D eigenvalue weighted by molar-refractivity contribution is 0.0666. The lowest BCUT2D eigenvalue weighted by Gasteiger charge is -2.18. The molecule has 1 atom stereocenters. The Balaban J connectivity index is 1.27. The van der Waals surface area contributed by atoms with Crippen molar-refractivity contribution in [2.75, 3.05) is 24.6 Å². The Morgan fingerprint density at radius 3 is 2.80 bits per heavy atom. The van der Waals surface area contributed by atoms with Gasteiger partial charge in [-0.1, -0.05) is 30.3 Å². The van der Waals surface area contributed by atoms with Crippen molar-refractivity contribution in [3.8, 4) is 0 Å². The lowest BCUT2D eigenvalue weighted by atomic mass is 10.1. The summed E-state index contributed by atoms with van der Waals surface area (Å²) >= 11 is 0. The zero-order chi connectivity index (χ0) is 17.1. The van der Waals surface area contributed by atoms with Crippen LogP contribution in [0.3, 0.4) is 0 Å². The van der Waals surface area contributed by atoms with Crippen molar-refractivity contribution >= 4 is 5.82 Å². The molecule has 2 aliphatic rings. The zero-order valence-electron chi connectivity index (χ0n) is 14.5. The molecule has 0 bridgehead atoms. The third-order valence-corrected chi connectivity index (χ3v) is 5.04. The molecule has 1 aromatic carbocycles. The summed E-state index contributed by atoms with van der Waals surface area (Å²) in [7, 11) is 0. The summed E-state index contributed by atoms with van der Waals surface area (Å²) < 4.78 is 7.87. The molecular weight excluding hydrogens is 314 g/mol. The van der Waals surface area contributed by atoms with Crippen LogP contribution in [-0.2, 0) is 11.2 Å². The third-order valence-electron chi connectivity index (χ3n) is 5.04. The van der Waals surface area contributed by atoms with Crippen LogP contribution in [0.15, 0.2) is 47.5 Å². The van der Waals surface area contributed by atoms with E-state index >= 15 is 0 Å². The third kappa shape index (κ3) is 3.93. The van der Waals surface area contributed by atoms with Gasteiger partial charge in [0.1, 0.15) is 0 Å². The van der Waals surface area contributed by atoms with Gasteiger partial charge in [-0.15, -0.1) is 0 Å². The molecule has 1 saturated carbocycles. The highest BCUT2D eigenvalue weighted by Gasteiger charge is 2.29. The van der Waals surface area contributed by atoms with Crippen molar-refractivity contribution in [3.63, 3.8) is 0 Å². The summed E-state index contributed by atoms with van der Waals surface area (Å²) in [5, 5.41) is 0. The molecule has 1 aliphatic heterocycles. The fourth-order valence-electron chi connectivity index (χ4n) is 3.50. The highest BCUT2D eigenvalue weighted by atomic mass is 16.5. The minimum Gasteiger partial charge on any atom is -0.376 e. The Bertz CT molecular complexity index is 755. The summed E-state index contributed by atoms with van der Waals surface area (Å²) in [6.07, 6.45) is 9.02. The minimum atomic E-state index is 0.0507. The van der Waals surface area contributed by atoms with Gasteiger partial charge in [-0.05, 0) is 37.7 Å². The first kappa shape index (κ1) is 16.3. The van der Waals surface area contributed by atoms with E-state index in [1.54, 1.807) is 6.20 Å². The lowest BCUT2D eigenvalue weighted by Crippen LogP contribution is -2.32. The Hall–Kier alpha value is -2.14. The van der Waals surface area contributed by atoms with Gasteiger partial charge >= 0.3 is 0 Å². The summed E-state index contributed by atoms with van der Waals surface area (Å²) in [5.41, 5.74) is 1.41. The number of hydrogen-bond acceptors (Lipinski definition) is 4. The summed E-state index contributed by atoms with van der Waals surface area (Å²) in [4.78, 5) is 19.0. The second-order valence-electron chi connectivity index (χ2n) is 7.01. The van der Waals surface area contributed by atoms with Crippen molar-refractivity contribution in [2.45, 2.75) is 44.2 Å². The van der Waals surface area contributed by atoms with Crippen molar-refractivity contribution in [1.82, 2.24) is 9.55 Å². The highest BCUT2D eigenvalue weighted by molar-refractivity contribution is 5.37. The van der Waals surface area contributed by atoms with Gasteiger partial charge in [0.2, 0.25) is 0 Å². The molecule has 0 spiro atoms. The van der Waals surface area contributed by atoms with E-state index in [9.17, 15) is 4.79 Å². The average molecular weight is 339 g/mol. The van der Waals surface area contributed by atoms with E-state index in [1.165, 1.54) is 5.56 Å². The molecule has 1 aromatic heterocycles. The van der Waals surface area contributed by atoms with E-state index in [0.717, 1.165) is 51.8 Å². The van der Waals surface area contributed by atoms with Crippen LogP contribution < -0.4 is 10.5 Å². The van der Waals surface area contributed by atoms with E-state index in [4.69, 9.17) is 4.74 Å². The summed E-state index contributed by atoms with van der Waals surface area (Å²) in [6, 6.07) is 10.9. The molecule has 5 nitrogen and oxygen atoms in total. The van der Waals surface area contributed by atoms with Crippen LogP contribution in [0.1, 0.15) is 37.3 Å². The standard InChI is InChI=1S/C20H25N3O2/c24-20-19(21-11-13-23(20)17-8-9-17)22-12-10-18(15-22)25-14-4-7-16-5-2-1-3-6-16/h1-3,5-6,11,13,17-18H,4,7-10,12,14-15H2/t18-/m0/s1. The van der Waals surface area contributed by atoms with E-state index in [2.05, 4.69) is 34.1 Å². The fourth-order valence-corrected chi connectivity index (χ4v) is 3.50. The molecule has 0 unspecified atom stereocenters. The normalized spacial score (nSPS) is 20.2. The Labute approximate surface area is 148 Å². The molecule has 5 heteroatoms. The quantitative estimate of drug-likeness (QED) is 0.728. The maximum Gasteiger partial charge on any atom is 0.293 e. The van der Waals surface area contributed by atoms with Crippen LogP contribution in [-0.4, -0.2) is 35.4 Å². The number of nitrogens with zero attached hydrogens (tertiary/aromatic N) is 3. The van der Waals surface area contributed by atoms with Gasteiger partial charge in [0, 0.05) is 38.1 Å². The summed E-state index contributed by atoms with van der Waals surface area (Å²) in [5.74, 6) is 0.588. The predicted molar refractivity (Wildman–Crippen MR) is 98.1 cm³/mol. The molecular formula is C20H25N3O2. The molecule has 132 valence electrons. The number of hydrogen-bond donors (Lipinski definition) is 0. The second kappa shape index (κ2) is 7.40. The number of ether oxygens (including phenoxy) is 1. The molecule has 1 aliphatic carbocycles. The van der Waals surface area contributed by atoms with E-state index in [0.29, 0.717) is 11.9 Å². The topological polar surface area (TPSA) is 47.4 Å². The Morgan fingerprint density at radius 2 is 2.00 bits per heavy atom. The molecule has 25 heavy (non-hydrogen) atoms. The number of anilines is 1. The molecule has 2 fully saturated rings. The monoisotopic (exact) mass is 339 g/mol. The molecule has 2 aromatic rings. The van der Waals surface area contributed by atoms with Crippen LogP contribution in [0.5, 0.6) is 0 Å². The Kier molecular flexibility index (Phi) is 4.83. The molecule has 1 saturated heterocycles.